The Morgan fingerprint density at radius 1 is 1.14 bits per heavy atom. The first-order valence-corrected chi connectivity index (χ1v) is 9.22. The van der Waals surface area contributed by atoms with Crippen molar-refractivity contribution < 1.29 is 45.2 Å². The molecule has 0 fully saturated rings. The quantitative estimate of drug-likeness (QED) is 0.549. The van der Waals surface area contributed by atoms with Crippen molar-refractivity contribution in [3.8, 4) is 5.75 Å². The van der Waals surface area contributed by atoms with Gasteiger partial charge in [-0.3, -0.25) is 4.90 Å². The highest BCUT2D eigenvalue weighted by Gasteiger charge is 2.48. The molecular weight excluding hydrogens is 407 g/mol. The fourth-order valence-electron chi connectivity index (χ4n) is 1.93. The molecule has 0 unspecified atom stereocenters. The summed E-state index contributed by atoms with van der Waals surface area (Å²) < 4.78 is 67.9. The Bertz CT molecular complexity index is 814. The minimum atomic E-state index is -5.81. The topological polar surface area (TPSA) is 110 Å². The zero-order chi connectivity index (χ0) is 21.9. The zero-order valence-corrected chi connectivity index (χ0v) is 16.3. The van der Waals surface area contributed by atoms with E-state index in [4.69, 9.17) is 4.74 Å². The standard InChI is InChI=1S/C16H20F3NO7S/c1-15(2,3)26-14(23)20(4)12(13(21)22)9-10-5-7-11(8-6-10)27-28(24,25)16(17,18)19/h5-8,12H,9H2,1-4H3,(H,21,22)/t12-/m0/s1. The number of halogens is 3. The number of carboxylic acid groups (broad SMARTS) is 1. The largest absolute Gasteiger partial charge is 0.534 e. The van der Waals surface area contributed by atoms with Crippen molar-refractivity contribution in [1.29, 1.82) is 0 Å². The molecular formula is C16H20F3NO7S. The SMILES string of the molecule is CN(C(=O)OC(C)(C)C)[C@@H](Cc1ccc(OS(=O)(=O)C(F)(F)F)cc1)C(=O)O. The van der Waals surface area contributed by atoms with E-state index in [2.05, 4.69) is 4.18 Å². The molecule has 0 saturated heterocycles. The molecule has 0 radical (unpaired) electrons. The molecule has 0 aliphatic heterocycles. The second-order valence-electron chi connectivity index (χ2n) is 6.78. The maximum atomic E-state index is 12.3. The average Bonchev–Trinajstić information content (AvgIpc) is 2.50. The van der Waals surface area contributed by atoms with E-state index in [-0.39, 0.29) is 6.42 Å². The number of carbonyl (C=O) groups is 2. The van der Waals surface area contributed by atoms with Gasteiger partial charge in [-0.1, -0.05) is 12.1 Å². The summed E-state index contributed by atoms with van der Waals surface area (Å²) >= 11 is 0. The van der Waals surface area contributed by atoms with E-state index < -0.39 is 45.1 Å². The summed E-state index contributed by atoms with van der Waals surface area (Å²) in [6.45, 7) is 4.84. The van der Waals surface area contributed by atoms with E-state index >= 15 is 0 Å². The van der Waals surface area contributed by atoms with Crippen LogP contribution in [0.5, 0.6) is 5.75 Å². The van der Waals surface area contributed by atoms with Gasteiger partial charge in [-0.15, -0.1) is 0 Å². The minimum Gasteiger partial charge on any atom is -0.480 e. The fourth-order valence-corrected chi connectivity index (χ4v) is 2.39. The van der Waals surface area contributed by atoms with Gasteiger partial charge in [0.1, 0.15) is 17.4 Å². The average molecular weight is 427 g/mol. The summed E-state index contributed by atoms with van der Waals surface area (Å²) in [7, 11) is -4.57. The molecule has 158 valence electrons. The monoisotopic (exact) mass is 427 g/mol. The van der Waals surface area contributed by atoms with Gasteiger partial charge in [0.15, 0.2) is 0 Å². The molecule has 0 aliphatic carbocycles. The number of rotatable bonds is 6. The number of hydrogen-bond acceptors (Lipinski definition) is 6. The molecule has 28 heavy (non-hydrogen) atoms. The molecule has 12 heteroatoms. The van der Waals surface area contributed by atoms with Gasteiger partial charge in [0, 0.05) is 13.5 Å². The van der Waals surface area contributed by atoms with Crippen LogP contribution in [-0.2, 0) is 26.1 Å². The van der Waals surface area contributed by atoms with Crippen LogP contribution < -0.4 is 4.18 Å². The lowest BCUT2D eigenvalue weighted by Gasteiger charge is -2.28. The summed E-state index contributed by atoms with van der Waals surface area (Å²) in [6.07, 6.45) is -1.06. The van der Waals surface area contributed by atoms with E-state index in [1.54, 1.807) is 20.8 Å². The Morgan fingerprint density at radius 3 is 2.04 bits per heavy atom. The van der Waals surface area contributed by atoms with Crippen LogP contribution in [0.4, 0.5) is 18.0 Å². The second kappa shape index (κ2) is 8.25. The number of amides is 1. The number of nitrogens with zero attached hydrogens (tertiary/aromatic N) is 1. The summed E-state index contributed by atoms with van der Waals surface area (Å²) in [5, 5.41) is 9.37. The zero-order valence-electron chi connectivity index (χ0n) is 15.5. The van der Waals surface area contributed by atoms with Crippen LogP contribution in [-0.4, -0.2) is 54.7 Å². The molecule has 0 heterocycles. The number of hydrogen-bond donors (Lipinski definition) is 1. The molecule has 1 amide bonds. The molecule has 0 aliphatic rings. The number of likely N-dealkylation sites (N-methyl/N-ethyl adjacent to an activating group) is 1. The first-order chi connectivity index (χ1) is 12.5. The number of carboxylic acids is 1. The van der Waals surface area contributed by atoms with E-state index in [1.165, 1.54) is 19.2 Å². The number of ether oxygens (including phenoxy) is 1. The molecule has 0 aromatic heterocycles. The van der Waals surface area contributed by atoms with Gasteiger partial charge in [-0.2, -0.15) is 21.6 Å². The Labute approximate surface area is 160 Å². The highest BCUT2D eigenvalue weighted by Crippen LogP contribution is 2.27. The highest BCUT2D eigenvalue weighted by molar-refractivity contribution is 7.88. The second-order valence-corrected chi connectivity index (χ2v) is 8.31. The van der Waals surface area contributed by atoms with Crippen LogP contribution in [0, 0.1) is 0 Å². The van der Waals surface area contributed by atoms with Gasteiger partial charge in [-0.05, 0) is 38.5 Å². The van der Waals surface area contributed by atoms with Gasteiger partial charge in [0.05, 0.1) is 0 Å². The summed E-state index contributed by atoms with van der Waals surface area (Å²) in [5.74, 6) is -1.92. The molecule has 1 aromatic rings. The lowest BCUT2D eigenvalue weighted by molar-refractivity contribution is -0.142. The van der Waals surface area contributed by atoms with Gasteiger partial charge >= 0.3 is 27.7 Å². The number of aliphatic carboxylic acids is 1. The third-order valence-electron chi connectivity index (χ3n) is 3.28. The van der Waals surface area contributed by atoms with Gasteiger partial charge in [0.2, 0.25) is 0 Å². The molecule has 1 aromatic carbocycles. The maximum Gasteiger partial charge on any atom is 0.534 e. The van der Waals surface area contributed by atoms with Crippen LogP contribution in [0.1, 0.15) is 26.3 Å². The van der Waals surface area contributed by atoms with Crippen LogP contribution >= 0.6 is 0 Å². The van der Waals surface area contributed by atoms with Crippen molar-refractivity contribution in [3.63, 3.8) is 0 Å². The van der Waals surface area contributed by atoms with Crippen molar-refractivity contribution in [2.24, 2.45) is 0 Å². The first-order valence-electron chi connectivity index (χ1n) is 7.82. The van der Waals surface area contributed by atoms with Crippen molar-refractivity contribution in [2.45, 2.75) is 44.3 Å². The molecule has 0 spiro atoms. The normalized spacial score (nSPS) is 13.5. The summed E-state index contributed by atoms with van der Waals surface area (Å²) in [5.41, 5.74) is -6.09. The fraction of sp³-hybridized carbons (Fsp3) is 0.500. The predicted molar refractivity (Wildman–Crippen MR) is 91.2 cm³/mol. The third-order valence-corrected chi connectivity index (χ3v) is 4.25. The maximum absolute atomic E-state index is 12.3. The highest BCUT2D eigenvalue weighted by atomic mass is 32.2. The number of alkyl halides is 3. The molecule has 0 bridgehead atoms. The number of benzene rings is 1. The molecule has 8 nitrogen and oxygen atoms in total. The molecule has 1 N–H and O–H groups in total. The van der Waals surface area contributed by atoms with E-state index in [0.717, 1.165) is 17.0 Å². The minimum absolute atomic E-state index is 0.197. The first kappa shape index (κ1) is 23.5. The predicted octanol–water partition coefficient (Wildman–Crippen LogP) is 2.78. The van der Waals surface area contributed by atoms with E-state index in [9.17, 15) is 36.3 Å². The Balaban J connectivity index is 2.93. The molecule has 1 rings (SSSR count). The van der Waals surface area contributed by atoms with Crippen LogP contribution in [0.25, 0.3) is 0 Å². The van der Waals surface area contributed by atoms with Crippen molar-refractivity contribution >= 4 is 22.2 Å². The molecule has 0 saturated carbocycles. The van der Waals surface area contributed by atoms with E-state index in [0.29, 0.717) is 5.56 Å². The summed E-state index contributed by atoms with van der Waals surface area (Å²) in [4.78, 5) is 24.4. The third kappa shape index (κ3) is 6.59. The van der Waals surface area contributed by atoms with Crippen LogP contribution in [0.2, 0.25) is 0 Å². The van der Waals surface area contributed by atoms with Crippen LogP contribution in [0.15, 0.2) is 24.3 Å². The van der Waals surface area contributed by atoms with E-state index in [1.807, 2.05) is 0 Å². The van der Waals surface area contributed by atoms with Crippen molar-refractivity contribution in [2.75, 3.05) is 7.05 Å². The molecule has 1 atom stereocenters. The summed E-state index contributed by atoms with van der Waals surface area (Å²) in [6, 6.07) is 2.97. The van der Waals surface area contributed by atoms with Crippen molar-refractivity contribution in [3.05, 3.63) is 29.8 Å². The van der Waals surface area contributed by atoms with Gasteiger partial charge < -0.3 is 14.0 Å². The van der Waals surface area contributed by atoms with Crippen molar-refractivity contribution in [1.82, 2.24) is 4.90 Å². The Hall–Kier alpha value is -2.50. The Kier molecular flexibility index (Phi) is 6.93. The lowest BCUT2D eigenvalue weighted by atomic mass is 10.1. The van der Waals surface area contributed by atoms with Crippen LogP contribution in [0.3, 0.4) is 0 Å². The number of carbonyl (C=O) groups excluding carboxylic acids is 1. The van der Waals surface area contributed by atoms with Gasteiger partial charge in [0.25, 0.3) is 0 Å². The Morgan fingerprint density at radius 2 is 1.64 bits per heavy atom. The lowest BCUT2D eigenvalue weighted by Crippen LogP contribution is -2.46. The van der Waals surface area contributed by atoms with Gasteiger partial charge in [-0.25, -0.2) is 9.59 Å². The smallest absolute Gasteiger partial charge is 0.480 e.